The SMILES string of the molecule is NC(Cc1ccccc1)C(=O)NCC(=O)NC(CC(=O)O)C(=O)NC(Cc1ccc(O)cc1)C(=O)O. The van der Waals surface area contributed by atoms with Gasteiger partial charge < -0.3 is 37.0 Å². The second-order valence-electron chi connectivity index (χ2n) is 8.00. The van der Waals surface area contributed by atoms with E-state index in [9.17, 15) is 34.2 Å². The number of aliphatic carboxylic acids is 2. The minimum atomic E-state index is -1.59. The van der Waals surface area contributed by atoms with Crippen LogP contribution < -0.4 is 21.7 Å². The van der Waals surface area contributed by atoms with Crippen molar-refractivity contribution in [1.29, 1.82) is 0 Å². The number of amides is 3. The highest BCUT2D eigenvalue weighted by Gasteiger charge is 2.28. The van der Waals surface area contributed by atoms with Gasteiger partial charge in [0.15, 0.2) is 0 Å². The van der Waals surface area contributed by atoms with Gasteiger partial charge in [0.05, 0.1) is 19.0 Å². The van der Waals surface area contributed by atoms with Gasteiger partial charge in [-0.3, -0.25) is 19.2 Å². The third-order valence-electron chi connectivity index (χ3n) is 5.08. The molecule has 0 saturated heterocycles. The van der Waals surface area contributed by atoms with Crippen molar-refractivity contribution in [3.8, 4) is 5.75 Å². The monoisotopic (exact) mass is 500 g/mol. The highest BCUT2D eigenvalue weighted by Crippen LogP contribution is 2.12. The summed E-state index contributed by atoms with van der Waals surface area (Å²) in [6.07, 6.45) is -0.731. The quantitative estimate of drug-likeness (QED) is 0.182. The molecule has 0 radical (unpaired) electrons. The lowest BCUT2D eigenvalue weighted by atomic mass is 10.0. The standard InChI is InChI=1S/C24H28N4O8/c25-17(10-14-4-2-1-3-5-14)22(33)26-13-20(30)27-18(12-21(31)32)23(34)28-19(24(35)36)11-15-6-8-16(29)9-7-15/h1-9,17-19,29H,10-13,25H2,(H,26,33)(H,27,30)(H,28,34)(H,31,32)(H,35,36). The van der Waals surface area contributed by atoms with Crippen LogP contribution in [0.4, 0.5) is 0 Å². The molecule has 0 spiro atoms. The van der Waals surface area contributed by atoms with Crippen molar-refractivity contribution in [1.82, 2.24) is 16.0 Å². The number of phenols is 1. The number of phenolic OH excluding ortho intramolecular Hbond substituents is 1. The second-order valence-corrected chi connectivity index (χ2v) is 8.00. The average molecular weight is 501 g/mol. The van der Waals surface area contributed by atoms with E-state index in [0.29, 0.717) is 5.56 Å². The third kappa shape index (κ3) is 9.43. The maximum atomic E-state index is 12.6. The molecular weight excluding hydrogens is 472 g/mol. The van der Waals surface area contributed by atoms with Crippen LogP contribution in [0.25, 0.3) is 0 Å². The zero-order valence-electron chi connectivity index (χ0n) is 19.2. The van der Waals surface area contributed by atoms with Crippen LogP contribution >= 0.6 is 0 Å². The number of hydrogen-bond donors (Lipinski definition) is 7. The van der Waals surface area contributed by atoms with Crippen LogP contribution in [0.5, 0.6) is 5.75 Å². The van der Waals surface area contributed by atoms with Crippen LogP contribution in [0, 0.1) is 0 Å². The first-order valence-corrected chi connectivity index (χ1v) is 10.9. The van der Waals surface area contributed by atoms with E-state index < -0.39 is 60.8 Å². The number of hydrogen-bond acceptors (Lipinski definition) is 7. The topological polar surface area (TPSA) is 208 Å². The predicted molar refractivity (Wildman–Crippen MR) is 127 cm³/mol. The highest BCUT2D eigenvalue weighted by molar-refractivity contribution is 5.94. The van der Waals surface area contributed by atoms with Gasteiger partial charge in [0.1, 0.15) is 17.8 Å². The Balaban J connectivity index is 1.94. The number of nitrogens with one attached hydrogen (secondary N) is 3. The molecule has 2 rings (SSSR count). The maximum absolute atomic E-state index is 12.6. The molecule has 0 aliphatic carbocycles. The van der Waals surface area contributed by atoms with Gasteiger partial charge in [0.2, 0.25) is 17.7 Å². The van der Waals surface area contributed by atoms with Crippen LogP contribution in [0.3, 0.4) is 0 Å². The first kappa shape index (κ1) is 27.8. The van der Waals surface area contributed by atoms with Gasteiger partial charge in [-0.1, -0.05) is 42.5 Å². The van der Waals surface area contributed by atoms with Gasteiger partial charge in [-0.2, -0.15) is 0 Å². The Morgan fingerprint density at radius 3 is 1.97 bits per heavy atom. The van der Waals surface area contributed by atoms with E-state index >= 15 is 0 Å². The van der Waals surface area contributed by atoms with Crippen LogP contribution in [0.2, 0.25) is 0 Å². The fraction of sp³-hybridized carbons (Fsp3) is 0.292. The van der Waals surface area contributed by atoms with Gasteiger partial charge in [0, 0.05) is 6.42 Å². The van der Waals surface area contributed by atoms with Crippen molar-refractivity contribution in [3.05, 3.63) is 65.7 Å². The molecule has 2 aromatic carbocycles. The van der Waals surface area contributed by atoms with Crippen LogP contribution in [-0.2, 0) is 36.8 Å². The minimum Gasteiger partial charge on any atom is -0.508 e. The fourth-order valence-electron chi connectivity index (χ4n) is 3.23. The Labute approximate surface area is 206 Å². The summed E-state index contributed by atoms with van der Waals surface area (Å²) < 4.78 is 0. The molecule has 2 aromatic rings. The number of carbonyl (C=O) groups is 5. The summed E-state index contributed by atoms with van der Waals surface area (Å²) in [5.41, 5.74) is 7.17. The Bertz CT molecular complexity index is 1080. The van der Waals surface area contributed by atoms with E-state index in [4.69, 9.17) is 10.8 Å². The predicted octanol–water partition coefficient (Wildman–Crippen LogP) is -0.850. The first-order chi connectivity index (χ1) is 17.0. The lowest BCUT2D eigenvalue weighted by Crippen LogP contribution is -2.54. The Kier molecular flexibility index (Phi) is 10.4. The van der Waals surface area contributed by atoms with Gasteiger partial charge in [-0.15, -0.1) is 0 Å². The van der Waals surface area contributed by atoms with Gasteiger partial charge in [-0.25, -0.2) is 4.79 Å². The Morgan fingerprint density at radius 2 is 1.39 bits per heavy atom. The minimum absolute atomic E-state index is 0.0213. The average Bonchev–Trinajstić information content (AvgIpc) is 2.83. The molecule has 0 aliphatic heterocycles. The number of carbonyl (C=O) groups excluding carboxylic acids is 3. The number of nitrogens with two attached hydrogens (primary N) is 1. The molecule has 12 heteroatoms. The summed E-state index contributed by atoms with van der Waals surface area (Å²) in [6, 6.07) is 10.7. The van der Waals surface area contributed by atoms with E-state index in [1.807, 2.05) is 6.07 Å². The molecule has 8 N–H and O–H groups in total. The third-order valence-corrected chi connectivity index (χ3v) is 5.08. The number of carboxylic acid groups (broad SMARTS) is 2. The van der Waals surface area contributed by atoms with Crippen molar-refractivity contribution in [2.75, 3.05) is 6.54 Å². The summed E-state index contributed by atoms with van der Waals surface area (Å²) in [7, 11) is 0. The lowest BCUT2D eigenvalue weighted by Gasteiger charge is -2.21. The molecule has 0 bridgehead atoms. The first-order valence-electron chi connectivity index (χ1n) is 10.9. The molecular formula is C24H28N4O8. The van der Waals surface area contributed by atoms with Gasteiger partial charge in [0.25, 0.3) is 0 Å². The molecule has 36 heavy (non-hydrogen) atoms. The van der Waals surface area contributed by atoms with Crippen LogP contribution in [0.1, 0.15) is 17.5 Å². The molecule has 3 amide bonds. The van der Waals surface area contributed by atoms with Crippen LogP contribution in [0.15, 0.2) is 54.6 Å². The molecule has 0 aromatic heterocycles. The van der Waals surface area contributed by atoms with E-state index in [1.165, 1.54) is 24.3 Å². The summed E-state index contributed by atoms with van der Waals surface area (Å²) in [4.78, 5) is 59.9. The highest BCUT2D eigenvalue weighted by atomic mass is 16.4. The zero-order chi connectivity index (χ0) is 26.7. The van der Waals surface area contributed by atoms with Crippen LogP contribution in [-0.4, -0.2) is 69.7 Å². The number of rotatable bonds is 13. The number of benzene rings is 2. The molecule has 3 atom stereocenters. The van der Waals surface area contributed by atoms with E-state index in [2.05, 4.69) is 16.0 Å². The molecule has 3 unspecified atom stereocenters. The number of aromatic hydroxyl groups is 1. The summed E-state index contributed by atoms with van der Waals surface area (Å²) in [5.74, 6) is -5.31. The molecule has 0 saturated carbocycles. The van der Waals surface area contributed by atoms with E-state index in [0.717, 1.165) is 5.56 Å². The van der Waals surface area contributed by atoms with Crippen molar-refractivity contribution < 1.29 is 39.3 Å². The fourth-order valence-corrected chi connectivity index (χ4v) is 3.23. The Hall–Kier alpha value is -4.45. The normalized spacial score (nSPS) is 13.0. The maximum Gasteiger partial charge on any atom is 0.326 e. The molecule has 12 nitrogen and oxygen atoms in total. The van der Waals surface area contributed by atoms with Crippen molar-refractivity contribution in [3.63, 3.8) is 0 Å². The Morgan fingerprint density at radius 1 is 0.778 bits per heavy atom. The van der Waals surface area contributed by atoms with Gasteiger partial charge >= 0.3 is 11.9 Å². The van der Waals surface area contributed by atoms with E-state index in [-0.39, 0.29) is 18.6 Å². The number of carboxylic acids is 2. The van der Waals surface area contributed by atoms with Crippen molar-refractivity contribution >= 4 is 29.7 Å². The summed E-state index contributed by atoms with van der Waals surface area (Å²) in [6.45, 7) is -0.569. The van der Waals surface area contributed by atoms with E-state index in [1.54, 1.807) is 24.3 Å². The summed E-state index contributed by atoms with van der Waals surface area (Å²) >= 11 is 0. The van der Waals surface area contributed by atoms with Crippen molar-refractivity contribution in [2.24, 2.45) is 5.73 Å². The largest absolute Gasteiger partial charge is 0.508 e. The van der Waals surface area contributed by atoms with Crippen molar-refractivity contribution in [2.45, 2.75) is 37.4 Å². The lowest BCUT2D eigenvalue weighted by molar-refractivity contribution is -0.143. The zero-order valence-corrected chi connectivity index (χ0v) is 19.2. The smallest absolute Gasteiger partial charge is 0.326 e. The summed E-state index contributed by atoms with van der Waals surface area (Å²) in [5, 5.41) is 34.7. The van der Waals surface area contributed by atoms with Gasteiger partial charge in [-0.05, 0) is 29.7 Å². The second kappa shape index (κ2) is 13.4. The molecule has 0 heterocycles. The molecule has 0 fully saturated rings. The molecule has 192 valence electrons. The molecule has 0 aliphatic rings.